The topological polar surface area (TPSA) is 52.3 Å². The molecule has 0 aliphatic carbocycles. The summed E-state index contributed by atoms with van der Waals surface area (Å²) < 4.78 is 0. The van der Waals surface area contributed by atoms with E-state index in [9.17, 15) is 4.79 Å². The molecular formula is C20H39NO2. The first-order valence-corrected chi connectivity index (χ1v) is 9.35. The number of hydrogen-bond donors (Lipinski definition) is 1. The van der Waals surface area contributed by atoms with Crippen molar-refractivity contribution in [1.82, 2.24) is 0 Å². The van der Waals surface area contributed by atoms with Crippen molar-refractivity contribution in [3.8, 4) is 0 Å². The smallest absolute Gasteiger partial charge is 0.324 e. The average molecular weight is 326 g/mol. The molecule has 0 heterocycles. The third-order valence-electron chi connectivity index (χ3n) is 3.77. The molecule has 0 radical (unpaired) electrons. The van der Waals surface area contributed by atoms with Crippen molar-refractivity contribution >= 4 is 5.97 Å². The van der Waals surface area contributed by atoms with Crippen LogP contribution in [0.25, 0.3) is 0 Å². The lowest BCUT2D eigenvalue weighted by molar-refractivity contribution is -0.144. The van der Waals surface area contributed by atoms with Gasteiger partial charge in [-0.15, -0.1) is 13.2 Å². The molecule has 23 heavy (non-hydrogen) atoms. The van der Waals surface area contributed by atoms with E-state index in [0.717, 1.165) is 12.8 Å². The number of carbonyl (C=O) groups excluding carboxylic acids is 1. The monoisotopic (exact) mass is 325 g/mol. The minimum absolute atomic E-state index is 0.298. The van der Waals surface area contributed by atoms with Crippen LogP contribution in [-0.2, 0) is 9.63 Å². The predicted molar refractivity (Wildman–Crippen MR) is 101 cm³/mol. The lowest BCUT2D eigenvalue weighted by atomic mass is 10.1. The first-order chi connectivity index (χ1) is 11.3. The van der Waals surface area contributed by atoms with Crippen LogP contribution in [0.5, 0.6) is 0 Å². The number of hydrogen-bond acceptors (Lipinski definition) is 3. The van der Waals surface area contributed by atoms with Crippen molar-refractivity contribution in [2.24, 2.45) is 5.90 Å². The fourth-order valence-corrected chi connectivity index (χ4v) is 2.40. The number of unbranched alkanes of at least 4 members (excludes halogenated alkanes) is 11. The van der Waals surface area contributed by atoms with Gasteiger partial charge in [0.1, 0.15) is 0 Å². The van der Waals surface area contributed by atoms with Gasteiger partial charge in [0.2, 0.25) is 0 Å². The van der Waals surface area contributed by atoms with Crippen LogP contribution in [0.3, 0.4) is 0 Å². The molecule has 0 aromatic heterocycles. The largest absolute Gasteiger partial charge is 0.373 e. The minimum atomic E-state index is -0.298. The molecule has 0 bridgehead atoms. The van der Waals surface area contributed by atoms with Gasteiger partial charge in [-0.2, -0.15) is 5.90 Å². The van der Waals surface area contributed by atoms with E-state index in [1.807, 2.05) is 0 Å². The summed E-state index contributed by atoms with van der Waals surface area (Å²) in [6.07, 6.45) is 21.5. The van der Waals surface area contributed by atoms with E-state index in [4.69, 9.17) is 5.90 Å². The zero-order chi connectivity index (χ0) is 17.6. The number of carbonyl (C=O) groups is 1. The molecule has 0 fully saturated rings. The maximum Gasteiger partial charge on any atom is 0.324 e. The van der Waals surface area contributed by atoms with Crippen molar-refractivity contribution in [1.29, 1.82) is 0 Å². The second-order valence-corrected chi connectivity index (χ2v) is 5.82. The van der Waals surface area contributed by atoms with Gasteiger partial charge in [-0.1, -0.05) is 70.4 Å². The van der Waals surface area contributed by atoms with E-state index < -0.39 is 0 Å². The summed E-state index contributed by atoms with van der Waals surface area (Å²) in [5.74, 6) is 4.48. The molecule has 0 aliphatic heterocycles. The molecule has 0 aromatic carbocycles. The van der Waals surface area contributed by atoms with Gasteiger partial charge >= 0.3 is 5.97 Å². The summed E-state index contributed by atoms with van der Waals surface area (Å²) in [5.41, 5.74) is 0. The Morgan fingerprint density at radius 2 is 1.26 bits per heavy atom. The molecule has 0 aromatic rings. The van der Waals surface area contributed by atoms with E-state index in [0.29, 0.717) is 6.42 Å². The van der Waals surface area contributed by atoms with Crippen LogP contribution in [0.15, 0.2) is 25.3 Å². The Labute approximate surface area is 144 Å². The zero-order valence-corrected chi connectivity index (χ0v) is 15.4. The van der Waals surface area contributed by atoms with Crippen LogP contribution < -0.4 is 5.90 Å². The molecule has 0 saturated heterocycles. The number of allylic oxidation sites excluding steroid dienone is 2. The van der Waals surface area contributed by atoms with Gasteiger partial charge in [0, 0.05) is 6.42 Å². The van der Waals surface area contributed by atoms with E-state index in [1.165, 1.54) is 70.6 Å². The fraction of sp³-hybridized carbons (Fsp3) is 0.750. The van der Waals surface area contributed by atoms with Gasteiger partial charge in [0.15, 0.2) is 0 Å². The van der Waals surface area contributed by atoms with Gasteiger partial charge in [-0.05, 0) is 32.1 Å². The maximum atomic E-state index is 10.8. The van der Waals surface area contributed by atoms with Crippen molar-refractivity contribution in [2.75, 3.05) is 0 Å². The Kier molecular flexibility index (Phi) is 24.4. The molecule has 0 atom stereocenters. The molecular weight excluding hydrogens is 286 g/mol. The highest BCUT2D eigenvalue weighted by molar-refractivity contribution is 5.68. The summed E-state index contributed by atoms with van der Waals surface area (Å²) in [7, 11) is 0. The van der Waals surface area contributed by atoms with Crippen LogP contribution in [0.4, 0.5) is 0 Å². The van der Waals surface area contributed by atoms with Crippen molar-refractivity contribution < 1.29 is 9.63 Å². The molecule has 2 N–H and O–H groups in total. The van der Waals surface area contributed by atoms with Crippen molar-refractivity contribution in [2.45, 2.75) is 96.8 Å². The SMILES string of the molecule is C=C.CCCCCCCCC=CCCCCCCCC(=O)ON. The standard InChI is InChI=1S/C18H35NO2.C2H4/c1-2-3-4-5-6-7-8-9-10-11-12-13-14-15-16-17-18(20)21-19;1-2/h9-10H,2-8,11-17,19H2,1H3;1-2H2. The van der Waals surface area contributed by atoms with Gasteiger partial charge in [0.25, 0.3) is 0 Å². The molecule has 0 unspecified atom stereocenters. The Balaban J connectivity index is 0. The van der Waals surface area contributed by atoms with Crippen LogP contribution >= 0.6 is 0 Å². The quantitative estimate of drug-likeness (QED) is 0.220. The Hall–Kier alpha value is -1.09. The summed E-state index contributed by atoms with van der Waals surface area (Å²) in [6, 6.07) is 0. The minimum Gasteiger partial charge on any atom is -0.373 e. The Morgan fingerprint density at radius 1 is 0.826 bits per heavy atom. The number of nitrogens with two attached hydrogens (primary N) is 1. The molecule has 0 rings (SSSR count). The second kappa shape index (κ2) is 23.2. The maximum absolute atomic E-state index is 10.8. The first kappa shape index (κ1) is 24.2. The summed E-state index contributed by atoms with van der Waals surface area (Å²) in [6.45, 7) is 8.26. The fourth-order valence-electron chi connectivity index (χ4n) is 2.40. The Morgan fingerprint density at radius 3 is 1.74 bits per heavy atom. The predicted octanol–water partition coefficient (Wildman–Crippen LogP) is 6.24. The molecule has 3 nitrogen and oxygen atoms in total. The van der Waals surface area contributed by atoms with Gasteiger partial charge < -0.3 is 4.84 Å². The van der Waals surface area contributed by atoms with E-state index in [1.54, 1.807) is 0 Å². The average Bonchev–Trinajstić information content (AvgIpc) is 2.59. The lowest BCUT2D eigenvalue weighted by Crippen LogP contribution is -2.08. The van der Waals surface area contributed by atoms with Crippen LogP contribution in [0.1, 0.15) is 96.8 Å². The second-order valence-electron chi connectivity index (χ2n) is 5.82. The highest BCUT2D eigenvalue weighted by Gasteiger charge is 1.99. The summed E-state index contributed by atoms with van der Waals surface area (Å²) in [5, 5.41) is 0. The Bertz CT molecular complexity index is 264. The van der Waals surface area contributed by atoms with E-state index in [-0.39, 0.29) is 5.97 Å². The zero-order valence-electron chi connectivity index (χ0n) is 15.4. The van der Waals surface area contributed by atoms with Crippen LogP contribution in [-0.4, -0.2) is 5.97 Å². The van der Waals surface area contributed by atoms with E-state index in [2.05, 4.69) is 37.1 Å². The molecule has 136 valence electrons. The molecule has 0 amide bonds. The van der Waals surface area contributed by atoms with Crippen molar-refractivity contribution in [3.63, 3.8) is 0 Å². The number of rotatable bonds is 15. The highest BCUT2D eigenvalue weighted by atomic mass is 16.7. The van der Waals surface area contributed by atoms with Crippen LogP contribution in [0.2, 0.25) is 0 Å². The highest BCUT2D eigenvalue weighted by Crippen LogP contribution is 2.09. The summed E-state index contributed by atoms with van der Waals surface area (Å²) >= 11 is 0. The first-order valence-electron chi connectivity index (χ1n) is 9.35. The summed E-state index contributed by atoms with van der Waals surface area (Å²) in [4.78, 5) is 14.9. The third-order valence-corrected chi connectivity index (χ3v) is 3.77. The van der Waals surface area contributed by atoms with E-state index >= 15 is 0 Å². The normalized spacial score (nSPS) is 10.3. The third kappa shape index (κ3) is 23.3. The lowest BCUT2D eigenvalue weighted by Gasteiger charge is -2.00. The van der Waals surface area contributed by atoms with Gasteiger partial charge in [-0.3, -0.25) is 4.79 Å². The molecule has 3 heteroatoms. The van der Waals surface area contributed by atoms with Gasteiger partial charge in [-0.25, -0.2) is 0 Å². The molecule has 0 saturated carbocycles. The molecule has 0 aliphatic rings. The van der Waals surface area contributed by atoms with Crippen LogP contribution in [0, 0.1) is 0 Å². The molecule has 0 spiro atoms. The van der Waals surface area contributed by atoms with Crippen molar-refractivity contribution in [3.05, 3.63) is 25.3 Å². The van der Waals surface area contributed by atoms with Gasteiger partial charge in [0.05, 0.1) is 0 Å².